The van der Waals surface area contributed by atoms with Crippen LogP contribution >= 0.6 is 0 Å². The Morgan fingerprint density at radius 2 is 0.739 bits per heavy atom. The van der Waals surface area contributed by atoms with Crippen LogP contribution < -0.4 is 32.7 Å². The van der Waals surface area contributed by atoms with Crippen molar-refractivity contribution in [3.8, 4) is 0 Å². The minimum absolute atomic E-state index is 0. The molecule has 0 spiro atoms. The largest absolute Gasteiger partial charge is 3.00 e. The number of hydrogen-bond acceptors (Lipinski definition) is 10. The number of quaternary nitrogens is 2. The van der Waals surface area contributed by atoms with Crippen molar-refractivity contribution in [3.63, 3.8) is 0 Å². The molecule has 13 heteroatoms. The minimum atomic E-state index is -1.53. The minimum Gasteiger partial charge on any atom is -0.549 e. The van der Waals surface area contributed by atoms with Gasteiger partial charge in [0, 0.05) is 39.3 Å². The fraction of sp³-hybridized carbons (Fsp3) is 0.600. The molecule has 1 radical (unpaired) electrons. The van der Waals surface area contributed by atoms with E-state index in [2.05, 4.69) is 0 Å². The molecule has 0 unspecified atom stereocenters. The van der Waals surface area contributed by atoms with Gasteiger partial charge in [0.25, 0.3) is 0 Å². The van der Waals surface area contributed by atoms with Crippen LogP contribution in [-0.4, -0.2) is 72.9 Å². The zero-order valence-electron chi connectivity index (χ0n) is 12.8. The van der Waals surface area contributed by atoms with E-state index in [9.17, 15) is 39.6 Å². The predicted molar refractivity (Wildman–Crippen MR) is 64.9 cm³/mol. The molecule has 0 amide bonds. The van der Waals surface area contributed by atoms with Crippen LogP contribution in [0.1, 0.15) is 0 Å². The van der Waals surface area contributed by atoms with Crippen LogP contribution in [0.4, 0.5) is 0 Å². The molecule has 23 heavy (non-hydrogen) atoms. The first-order chi connectivity index (χ1) is 9.20. The second-order valence-corrected chi connectivity index (χ2v) is 3.91. The number of carboxylic acids is 4. The van der Waals surface area contributed by atoms with E-state index in [4.69, 9.17) is 0 Å². The summed E-state index contributed by atoms with van der Waals surface area (Å²) < 4.78 is 0. The second kappa shape index (κ2) is 15.1. The molecule has 0 aliphatic carbocycles. The number of rotatable bonds is 11. The number of aliphatic carboxylic acids is 4. The Morgan fingerprint density at radius 3 is 0.870 bits per heavy atom. The standard InChI is InChI=1S/C10H16N2O8.Fe.2H3N/c13-7(14)3-11(4-8(15)16)1-2-12(5-9(17)18)6-10(19)20;;;/h1-6H2,(H,13,14)(H,15,16)(H,17,18)(H,19,20);;2*1H3/q;+3;;/p-2. The van der Waals surface area contributed by atoms with Crippen LogP contribution in [0, 0.1) is 0 Å². The van der Waals surface area contributed by atoms with Gasteiger partial charge in [-0.1, -0.05) is 0 Å². The molecule has 8 N–H and O–H groups in total. The van der Waals surface area contributed by atoms with Gasteiger partial charge in [0.05, 0.1) is 23.9 Å². The van der Waals surface area contributed by atoms with Crippen LogP contribution in [0.5, 0.6) is 0 Å². The number of hydrogen-bond donors (Lipinski definition) is 2. The van der Waals surface area contributed by atoms with E-state index >= 15 is 0 Å². The fourth-order valence-corrected chi connectivity index (χ4v) is 1.44. The third kappa shape index (κ3) is 18.2. The van der Waals surface area contributed by atoms with Crippen molar-refractivity contribution in [1.82, 2.24) is 22.1 Å². The van der Waals surface area contributed by atoms with E-state index in [0.717, 1.165) is 9.80 Å². The van der Waals surface area contributed by atoms with Crippen molar-refractivity contribution in [2.24, 2.45) is 0 Å². The number of carboxylic acid groups (broad SMARTS) is 4. The molecule has 0 aromatic rings. The summed E-state index contributed by atoms with van der Waals surface area (Å²) in [5, 5.41) is 41.6. The zero-order chi connectivity index (χ0) is 15.7. The predicted octanol–water partition coefficient (Wildman–Crippen LogP) is -6.66. The molecule has 0 heterocycles. The molecular formula is C10H20FeN4O8+. The topological polar surface area (TPSA) is 240 Å². The van der Waals surface area contributed by atoms with E-state index in [1.54, 1.807) is 0 Å². The maximum Gasteiger partial charge on any atom is 3.00 e. The van der Waals surface area contributed by atoms with Crippen LogP contribution in [-0.2, 0) is 36.2 Å². The average molecular weight is 380 g/mol. The first-order valence-corrected chi connectivity index (χ1v) is 5.44. The van der Waals surface area contributed by atoms with Gasteiger partial charge in [-0.15, -0.1) is 0 Å². The Morgan fingerprint density at radius 1 is 0.565 bits per heavy atom. The monoisotopic (exact) mass is 380 g/mol. The molecule has 0 fully saturated rings. The summed E-state index contributed by atoms with van der Waals surface area (Å²) in [6.07, 6.45) is 0. The van der Waals surface area contributed by atoms with Crippen LogP contribution in [0.3, 0.4) is 0 Å². The van der Waals surface area contributed by atoms with Crippen LogP contribution in [0.25, 0.3) is 0 Å². The Bertz CT molecular complexity index is 327. The summed E-state index contributed by atoms with van der Waals surface area (Å²) in [7, 11) is 0. The van der Waals surface area contributed by atoms with Crippen molar-refractivity contribution in [3.05, 3.63) is 0 Å². The molecule has 0 aromatic carbocycles. The Labute approximate surface area is 142 Å². The SMILES string of the molecule is O=C([O-])CN(CCN(CC(=O)[O-])CC(=O)[O-])CC(=O)[O-].[Fe+3].[NH4+].[NH4+]. The molecule has 135 valence electrons. The summed E-state index contributed by atoms with van der Waals surface area (Å²) in [6.45, 7) is -3.25. The molecule has 0 saturated carbocycles. The normalized spacial score (nSPS) is 9.30. The third-order valence-corrected chi connectivity index (χ3v) is 2.14. The van der Waals surface area contributed by atoms with Gasteiger partial charge < -0.3 is 51.9 Å². The van der Waals surface area contributed by atoms with Gasteiger partial charge in [-0.2, -0.15) is 0 Å². The van der Waals surface area contributed by atoms with Crippen LogP contribution in [0.15, 0.2) is 0 Å². The molecule has 12 nitrogen and oxygen atoms in total. The molecule has 0 atom stereocenters. The fourth-order valence-electron chi connectivity index (χ4n) is 1.44. The summed E-state index contributed by atoms with van der Waals surface area (Å²) in [6, 6.07) is 0. The van der Waals surface area contributed by atoms with Crippen molar-refractivity contribution in [2.45, 2.75) is 0 Å². The van der Waals surface area contributed by atoms with Crippen molar-refractivity contribution >= 4 is 23.9 Å². The van der Waals surface area contributed by atoms with E-state index < -0.39 is 50.1 Å². The smallest absolute Gasteiger partial charge is 0.549 e. The third-order valence-electron chi connectivity index (χ3n) is 2.14. The van der Waals surface area contributed by atoms with Gasteiger partial charge in [-0.3, -0.25) is 9.80 Å². The summed E-state index contributed by atoms with van der Waals surface area (Å²) in [4.78, 5) is 43.4. The van der Waals surface area contributed by atoms with Crippen molar-refractivity contribution in [1.29, 1.82) is 0 Å². The Balaban J connectivity index is -0.000000602. The molecular weight excluding hydrogens is 360 g/mol. The summed E-state index contributed by atoms with van der Waals surface area (Å²) in [5.74, 6) is -6.12. The van der Waals surface area contributed by atoms with Gasteiger partial charge in [-0.05, 0) is 0 Å². The maximum atomic E-state index is 10.4. The average Bonchev–Trinajstić information content (AvgIpc) is 2.22. The first kappa shape index (κ1) is 29.3. The molecule has 0 rings (SSSR count). The van der Waals surface area contributed by atoms with E-state index in [1.165, 1.54) is 0 Å². The van der Waals surface area contributed by atoms with Gasteiger partial charge in [0.2, 0.25) is 0 Å². The first-order valence-electron chi connectivity index (χ1n) is 5.44. The summed E-state index contributed by atoms with van der Waals surface area (Å²) in [5.41, 5.74) is 0. The van der Waals surface area contributed by atoms with Crippen LogP contribution in [0.2, 0.25) is 0 Å². The van der Waals surface area contributed by atoms with Gasteiger partial charge >= 0.3 is 17.1 Å². The maximum absolute atomic E-state index is 10.4. The number of nitrogens with zero attached hydrogens (tertiary/aromatic N) is 2. The quantitative estimate of drug-likeness (QED) is 0.321. The van der Waals surface area contributed by atoms with E-state index in [1.807, 2.05) is 0 Å². The molecule has 0 bridgehead atoms. The number of carbonyl (C=O) groups is 4. The van der Waals surface area contributed by atoms with Crippen molar-refractivity contribution in [2.75, 3.05) is 39.3 Å². The molecule has 0 saturated heterocycles. The molecule has 0 aliphatic rings. The van der Waals surface area contributed by atoms with Gasteiger partial charge in [0.1, 0.15) is 0 Å². The number of carbonyl (C=O) groups excluding carboxylic acids is 4. The van der Waals surface area contributed by atoms with Gasteiger partial charge in [0.15, 0.2) is 0 Å². The van der Waals surface area contributed by atoms with E-state index in [-0.39, 0.29) is 42.5 Å². The zero-order valence-corrected chi connectivity index (χ0v) is 13.9. The Hall–Kier alpha value is -1.76. The van der Waals surface area contributed by atoms with Crippen molar-refractivity contribution < 1.29 is 56.7 Å². The molecule has 0 aliphatic heterocycles. The van der Waals surface area contributed by atoms with E-state index in [0.29, 0.717) is 0 Å². The van der Waals surface area contributed by atoms with Gasteiger partial charge in [-0.25, -0.2) is 0 Å². The Kier molecular flexibility index (Phi) is 19.3. The second-order valence-electron chi connectivity index (χ2n) is 3.91. The summed E-state index contributed by atoms with van der Waals surface area (Å²) >= 11 is 0. The molecule has 0 aromatic heterocycles.